The standard InChI is InChI=1S/C11H22N2O3S/c14-17(15,13-7-3-1-4-8-13)12-10-11-6-2-5-9-16-11/h11-12H,1-10H2. The summed E-state index contributed by atoms with van der Waals surface area (Å²) in [5.74, 6) is 0. The van der Waals surface area contributed by atoms with E-state index >= 15 is 0 Å². The summed E-state index contributed by atoms with van der Waals surface area (Å²) in [6.45, 7) is 2.48. The van der Waals surface area contributed by atoms with Gasteiger partial charge in [0.05, 0.1) is 6.10 Å². The van der Waals surface area contributed by atoms with Crippen LogP contribution in [0.2, 0.25) is 0 Å². The monoisotopic (exact) mass is 262 g/mol. The van der Waals surface area contributed by atoms with Gasteiger partial charge in [-0.25, -0.2) is 0 Å². The molecule has 17 heavy (non-hydrogen) atoms. The Labute approximate surface area is 104 Å². The molecule has 0 radical (unpaired) electrons. The van der Waals surface area contributed by atoms with Crippen molar-refractivity contribution in [3.63, 3.8) is 0 Å². The lowest BCUT2D eigenvalue weighted by Gasteiger charge is -2.28. The Morgan fingerprint density at radius 2 is 1.88 bits per heavy atom. The first-order valence-electron chi connectivity index (χ1n) is 6.55. The highest BCUT2D eigenvalue weighted by Gasteiger charge is 2.25. The van der Waals surface area contributed by atoms with Crippen molar-refractivity contribution in [2.24, 2.45) is 0 Å². The topological polar surface area (TPSA) is 58.6 Å². The fraction of sp³-hybridized carbons (Fsp3) is 1.00. The third-order valence-electron chi connectivity index (χ3n) is 3.42. The summed E-state index contributed by atoms with van der Waals surface area (Å²) in [7, 11) is -3.28. The Hall–Kier alpha value is -0.170. The van der Waals surface area contributed by atoms with Crippen LogP contribution in [0.15, 0.2) is 0 Å². The van der Waals surface area contributed by atoms with E-state index in [1.807, 2.05) is 0 Å². The fourth-order valence-corrected chi connectivity index (χ4v) is 3.68. The quantitative estimate of drug-likeness (QED) is 0.818. The molecule has 2 aliphatic rings. The summed E-state index contributed by atoms with van der Waals surface area (Å²) >= 11 is 0. The second kappa shape index (κ2) is 6.13. The number of hydrogen-bond acceptors (Lipinski definition) is 3. The maximum absolute atomic E-state index is 12.0. The van der Waals surface area contributed by atoms with E-state index in [4.69, 9.17) is 4.74 Å². The molecule has 0 bridgehead atoms. The van der Waals surface area contributed by atoms with Gasteiger partial charge in [0.1, 0.15) is 0 Å². The average Bonchev–Trinajstić information content (AvgIpc) is 2.39. The predicted molar refractivity (Wildman–Crippen MR) is 65.9 cm³/mol. The van der Waals surface area contributed by atoms with E-state index in [1.54, 1.807) is 4.31 Å². The number of nitrogens with one attached hydrogen (secondary N) is 1. The van der Waals surface area contributed by atoms with E-state index in [2.05, 4.69) is 4.72 Å². The third-order valence-corrected chi connectivity index (χ3v) is 5.00. The van der Waals surface area contributed by atoms with Gasteiger partial charge >= 0.3 is 0 Å². The summed E-state index contributed by atoms with van der Waals surface area (Å²) in [4.78, 5) is 0. The first-order valence-corrected chi connectivity index (χ1v) is 7.99. The Morgan fingerprint density at radius 3 is 2.53 bits per heavy atom. The van der Waals surface area contributed by atoms with Crippen molar-refractivity contribution in [3.05, 3.63) is 0 Å². The molecule has 6 heteroatoms. The van der Waals surface area contributed by atoms with Crippen molar-refractivity contribution >= 4 is 10.2 Å². The van der Waals surface area contributed by atoms with Crippen LogP contribution < -0.4 is 4.72 Å². The predicted octanol–water partition coefficient (Wildman–Crippen LogP) is 0.876. The molecule has 2 fully saturated rings. The highest BCUT2D eigenvalue weighted by molar-refractivity contribution is 7.87. The van der Waals surface area contributed by atoms with Crippen molar-refractivity contribution in [2.45, 2.75) is 44.6 Å². The van der Waals surface area contributed by atoms with E-state index < -0.39 is 10.2 Å². The Morgan fingerprint density at radius 1 is 1.12 bits per heavy atom. The number of ether oxygens (including phenoxy) is 1. The van der Waals surface area contributed by atoms with Crippen molar-refractivity contribution in [3.8, 4) is 0 Å². The highest BCUT2D eigenvalue weighted by atomic mass is 32.2. The normalized spacial score (nSPS) is 28.1. The zero-order valence-electron chi connectivity index (χ0n) is 10.2. The van der Waals surface area contributed by atoms with Gasteiger partial charge in [0.25, 0.3) is 10.2 Å². The lowest BCUT2D eigenvalue weighted by Crippen LogP contribution is -2.46. The molecule has 0 aromatic heterocycles. The van der Waals surface area contributed by atoms with Gasteiger partial charge in [-0.3, -0.25) is 0 Å². The van der Waals surface area contributed by atoms with Crippen LogP contribution in [0.25, 0.3) is 0 Å². The van der Waals surface area contributed by atoms with E-state index in [1.165, 1.54) is 0 Å². The van der Waals surface area contributed by atoms with E-state index in [-0.39, 0.29) is 6.10 Å². The highest BCUT2D eigenvalue weighted by Crippen LogP contribution is 2.14. The smallest absolute Gasteiger partial charge is 0.279 e. The molecule has 0 saturated carbocycles. The van der Waals surface area contributed by atoms with Gasteiger partial charge in [-0.15, -0.1) is 0 Å². The molecule has 5 nitrogen and oxygen atoms in total. The van der Waals surface area contributed by atoms with Crippen molar-refractivity contribution < 1.29 is 13.2 Å². The minimum atomic E-state index is -3.28. The zero-order chi connectivity index (χ0) is 12.1. The minimum Gasteiger partial charge on any atom is -0.377 e. The molecule has 2 rings (SSSR count). The summed E-state index contributed by atoms with van der Waals surface area (Å²) in [6.07, 6.45) is 6.33. The molecule has 0 amide bonds. The van der Waals surface area contributed by atoms with E-state index in [9.17, 15) is 8.42 Å². The molecule has 0 aromatic carbocycles. The van der Waals surface area contributed by atoms with E-state index in [0.717, 1.165) is 45.1 Å². The van der Waals surface area contributed by atoms with Gasteiger partial charge in [-0.05, 0) is 32.1 Å². The molecule has 2 heterocycles. The van der Waals surface area contributed by atoms with Gasteiger partial charge in [-0.1, -0.05) is 6.42 Å². The van der Waals surface area contributed by atoms with Gasteiger partial charge in [0, 0.05) is 26.2 Å². The number of rotatable bonds is 4. The van der Waals surface area contributed by atoms with Gasteiger partial charge in [0.2, 0.25) is 0 Å². The lowest BCUT2D eigenvalue weighted by atomic mass is 10.1. The summed E-state index contributed by atoms with van der Waals surface area (Å²) < 4.78 is 33.7. The third kappa shape index (κ3) is 3.91. The largest absolute Gasteiger partial charge is 0.377 e. The molecular formula is C11H22N2O3S. The van der Waals surface area contributed by atoms with Crippen molar-refractivity contribution in [1.82, 2.24) is 9.03 Å². The minimum absolute atomic E-state index is 0.0586. The maximum atomic E-state index is 12.0. The molecule has 100 valence electrons. The molecular weight excluding hydrogens is 240 g/mol. The Balaban J connectivity index is 1.79. The Kier molecular flexibility index (Phi) is 4.78. The lowest BCUT2D eigenvalue weighted by molar-refractivity contribution is 0.0198. The van der Waals surface area contributed by atoms with Gasteiger partial charge < -0.3 is 4.74 Å². The van der Waals surface area contributed by atoms with Crippen LogP contribution in [0.5, 0.6) is 0 Å². The first kappa shape index (κ1) is 13.3. The molecule has 1 N–H and O–H groups in total. The van der Waals surface area contributed by atoms with Crippen molar-refractivity contribution in [2.75, 3.05) is 26.2 Å². The SMILES string of the molecule is O=S(=O)(NCC1CCCCO1)N1CCCCC1. The molecule has 2 aliphatic heterocycles. The van der Waals surface area contributed by atoms with Crippen LogP contribution in [0.4, 0.5) is 0 Å². The molecule has 1 atom stereocenters. The molecule has 2 saturated heterocycles. The second-order valence-electron chi connectivity index (χ2n) is 4.80. The number of hydrogen-bond donors (Lipinski definition) is 1. The summed E-state index contributed by atoms with van der Waals surface area (Å²) in [5.41, 5.74) is 0. The molecule has 0 spiro atoms. The van der Waals surface area contributed by atoms with E-state index in [0.29, 0.717) is 19.6 Å². The summed E-state index contributed by atoms with van der Waals surface area (Å²) in [5, 5.41) is 0. The van der Waals surface area contributed by atoms with Crippen LogP contribution in [-0.4, -0.2) is 45.1 Å². The Bertz CT molecular complexity index is 320. The molecule has 1 unspecified atom stereocenters. The van der Waals surface area contributed by atoms with Gasteiger partial charge in [-0.2, -0.15) is 17.4 Å². The average molecular weight is 262 g/mol. The second-order valence-corrected chi connectivity index (χ2v) is 6.56. The van der Waals surface area contributed by atoms with Crippen LogP contribution >= 0.6 is 0 Å². The van der Waals surface area contributed by atoms with Gasteiger partial charge in [0.15, 0.2) is 0 Å². The first-order chi connectivity index (χ1) is 8.18. The van der Waals surface area contributed by atoms with Crippen molar-refractivity contribution in [1.29, 1.82) is 0 Å². The van der Waals surface area contributed by atoms with Crippen LogP contribution in [0.3, 0.4) is 0 Å². The van der Waals surface area contributed by atoms with Crippen LogP contribution in [0, 0.1) is 0 Å². The van der Waals surface area contributed by atoms with Crippen LogP contribution in [-0.2, 0) is 14.9 Å². The fourth-order valence-electron chi connectivity index (χ4n) is 2.36. The molecule has 0 aliphatic carbocycles. The number of nitrogens with zero attached hydrogens (tertiary/aromatic N) is 1. The molecule has 0 aromatic rings. The zero-order valence-corrected chi connectivity index (χ0v) is 11.0. The summed E-state index contributed by atoms with van der Waals surface area (Å²) in [6, 6.07) is 0. The number of piperidine rings is 1. The van der Waals surface area contributed by atoms with Crippen LogP contribution in [0.1, 0.15) is 38.5 Å². The maximum Gasteiger partial charge on any atom is 0.279 e.